The number of hydrogen-bond donors (Lipinski definition) is 0. The summed E-state index contributed by atoms with van der Waals surface area (Å²) in [6, 6.07) is 11.9. The highest BCUT2D eigenvalue weighted by atomic mass is 19.4. The number of benzene rings is 2. The van der Waals surface area contributed by atoms with E-state index in [1.165, 1.54) is 19.2 Å². The van der Waals surface area contributed by atoms with Gasteiger partial charge in [-0.3, -0.25) is 0 Å². The monoisotopic (exact) mass is 414 g/mol. The molecule has 2 rings (SSSR count). The second kappa shape index (κ2) is 7.84. The van der Waals surface area contributed by atoms with Gasteiger partial charge in [-0.2, -0.15) is 26.3 Å². The predicted octanol–water partition coefficient (Wildman–Crippen LogP) is 5.91. The summed E-state index contributed by atoms with van der Waals surface area (Å²) >= 11 is 0. The molecule has 10 heteroatoms. The Hall–Kier alpha value is -2.52. The van der Waals surface area contributed by atoms with Gasteiger partial charge in [0.1, 0.15) is 11.5 Å². The zero-order valence-corrected chi connectivity index (χ0v) is 14.2. The van der Waals surface area contributed by atoms with Crippen LogP contribution in [0.4, 0.5) is 35.1 Å². The van der Waals surface area contributed by atoms with E-state index in [-0.39, 0.29) is 5.75 Å². The Morgan fingerprint density at radius 2 is 1.18 bits per heavy atom. The minimum absolute atomic E-state index is 0.326. The first kappa shape index (κ1) is 21.8. The molecule has 0 aliphatic carbocycles. The Morgan fingerprint density at radius 1 is 0.750 bits per heavy atom. The van der Waals surface area contributed by atoms with E-state index in [0.29, 0.717) is 11.3 Å². The van der Waals surface area contributed by atoms with E-state index in [0.717, 1.165) is 17.7 Å². The quantitative estimate of drug-likeness (QED) is 0.500. The van der Waals surface area contributed by atoms with E-state index in [4.69, 9.17) is 4.74 Å². The van der Waals surface area contributed by atoms with Gasteiger partial charge in [0.2, 0.25) is 0 Å². The van der Waals surface area contributed by atoms with Crippen LogP contribution in [0.2, 0.25) is 0 Å². The lowest BCUT2D eigenvalue weighted by molar-refractivity contribution is -0.342. The first-order chi connectivity index (χ1) is 12.9. The second-order valence-corrected chi connectivity index (χ2v) is 5.74. The topological polar surface area (TPSA) is 18.5 Å². The van der Waals surface area contributed by atoms with Crippen molar-refractivity contribution in [2.45, 2.75) is 24.2 Å². The third-order valence-electron chi connectivity index (χ3n) is 3.85. The molecule has 0 atom stereocenters. The lowest BCUT2D eigenvalue weighted by Crippen LogP contribution is -2.59. The molecule has 0 unspecified atom stereocenters. The van der Waals surface area contributed by atoms with E-state index in [1.54, 1.807) is 24.3 Å². The first-order valence-electron chi connectivity index (χ1n) is 7.71. The molecular formula is C18H14F8O2. The highest BCUT2D eigenvalue weighted by Gasteiger charge is 2.75. The van der Waals surface area contributed by atoms with E-state index in [9.17, 15) is 35.1 Å². The number of halogens is 8. The Bertz CT molecular complexity index is 773. The van der Waals surface area contributed by atoms with Crippen LogP contribution in [0.15, 0.2) is 48.5 Å². The van der Waals surface area contributed by atoms with Crippen LogP contribution in [0.1, 0.15) is 0 Å². The summed E-state index contributed by atoms with van der Waals surface area (Å²) in [5.41, 5.74) is 1.34. The molecule has 0 heterocycles. The third kappa shape index (κ3) is 4.15. The molecule has 0 aliphatic heterocycles. The Balaban J connectivity index is 2.09. The van der Waals surface area contributed by atoms with Crippen LogP contribution in [-0.4, -0.2) is 37.9 Å². The second-order valence-electron chi connectivity index (χ2n) is 5.74. The van der Waals surface area contributed by atoms with Gasteiger partial charge in [0.25, 0.3) is 0 Å². The minimum Gasteiger partial charge on any atom is -0.497 e. The highest BCUT2D eigenvalue weighted by molar-refractivity contribution is 5.64. The Labute approximate surface area is 154 Å². The zero-order chi connectivity index (χ0) is 21.2. The molecule has 0 saturated heterocycles. The van der Waals surface area contributed by atoms with E-state index in [2.05, 4.69) is 4.74 Å². The van der Waals surface area contributed by atoms with Crippen molar-refractivity contribution < 1.29 is 44.6 Å². The lowest BCUT2D eigenvalue weighted by atomic mass is 10.1. The Morgan fingerprint density at radius 3 is 1.57 bits per heavy atom. The smallest absolute Gasteiger partial charge is 0.381 e. The molecule has 2 nitrogen and oxygen atoms in total. The maximum atomic E-state index is 13.5. The normalized spacial score (nSPS) is 12.9. The van der Waals surface area contributed by atoms with Gasteiger partial charge in [0, 0.05) is 0 Å². The van der Waals surface area contributed by atoms with E-state index < -0.39 is 30.8 Å². The molecule has 0 amide bonds. The maximum Gasteiger partial charge on any atom is 0.381 e. The van der Waals surface area contributed by atoms with Crippen molar-refractivity contribution in [3.05, 3.63) is 48.5 Å². The number of rotatable bonds is 8. The van der Waals surface area contributed by atoms with Gasteiger partial charge in [0.05, 0.1) is 7.11 Å². The molecule has 28 heavy (non-hydrogen) atoms. The van der Waals surface area contributed by atoms with Crippen LogP contribution in [0.3, 0.4) is 0 Å². The molecular weight excluding hydrogens is 400 g/mol. The van der Waals surface area contributed by atoms with Crippen LogP contribution in [0.25, 0.3) is 11.1 Å². The van der Waals surface area contributed by atoms with Gasteiger partial charge in [-0.05, 0) is 35.4 Å². The van der Waals surface area contributed by atoms with Gasteiger partial charge >= 0.3 is 24.2 Å². The van der Waals surface area contributed by atoms with Gasteiger partial charge in [0.15, 0.2) is 6.61 Å². The number of alkyl halides is 8. The highest BCUT2D eigenvalue weighted by Crippen LogP contribution is 2.48. The van der Waals surface area contributed by atoms with Crippen molar-refractivity contribution in [2.24, 2.45) is 0 Å². The number of methoxy groups -OCH3 is 1. The van der Waals surface area contributed by atoms with Crippen LogP contribution in [-0.2, 0) is 0 Å². The van der Waals surface area contributed by atoms with Crippen molar-refractivity contribution >= 4 is 0 Å². The van der Waals surface area contributed by atoms with E-state index >= 15 is 0 Å². The molecule has 0 fully saturated rings. The van der Waals surface area contributed by atoms with Crippen LogP contribution < -0.4 is 9.47 Å². The van der Waals surface area contributed by atoms with Crippen LogP contribution in [0, 0.1) is 0 Å². The zero-order valence-electron chi connectivity index (χ0n) is 14.2. The molecule has 0 radical (unpaired) electrons. The van der Waals surface area contributed by atoms with Crippen molar-refractivity contribution in [1.29, 1.82) is 0 Å². The summed E-state index contributed by atoms with van der Waals surface area (Å²) in [7, 11) is 1.48. The average molecular weight is 414 g/mol. The van der Waals surface area contributed by atoms with Gasteiger partial charge in [-0.1, -0.05) is 24.3 Å². The summed E-state index contributed by atoms with van der Waals surface area (Å²) in [5.74, 6) is -17.8. The fourth-order valence-corrected chi connectivity index (χ4v) is 2.17. The minimum atomic E-state index is -6.29. The van der Waals surface area contributed by atoms with Crippen molar-refractivity contribution in [2.75, 3.05) is 13.7 Å². The molecule has 154 valence electrons. The summed E-state index contributed by atoms with van der Waals surface area (Å²) in [4.78, 5) is 0. The number of hydrogen-bond acceptors (Lipinski definition) is 2. The van der Waals surface area contributed by atoms with Crippen LogP contribution in [0.5, 0.6) is 11.5 Å². The van der Waals surface area contributed by atoms with Gasteiger partial charge in [-0.15, -0.1) is 0 Å². The maximum absolute atomic E-state index is 13.5. The number of ether oxygens (including phenoxy) is 2. The summed E-state index contributed by atoms with van der Waals surface area (Å²) in [6.07, 6.45) is -4.96. The fraction of sp³-hybridized carbons (Fsp3) is 0.333. The average Bonchev–Trinajstić information content (AvgIpc) is 2.66. The van der Waals surface area contributed by atoms with Crippen molar-refractivity contribution in [1.82, 2.24) is 0 Å². The molecule has 0 N–H and O–H groups in total. The predicted molar refractivity (Wildman–Crippen MR) is 84.8 cm³/mol. The molecule has 0 aliphatic rings. The first-order valence-corrected chi connectivity index (χ1v) is 7.71. The molecule has 0 spiro atoms. The Kier molecular flexibility index (Phi) is 6.10. The SMILES string of the molecule is COc1ccc(-c2ccc(OCC(F)(F)C(F)(F)C(F)(F)C(F)F)cc2)cc1. The summed E-state index contributed by atoms with van der Waals surface area (Å²) in [5, 5.41) is 0. The van der Waals surface area contributed by atoms with E-state index in [1.807, 2.05) is 0 Å². The molecule has 2 aromatic rings. The molecule has 0 saturated carbocycles. The van der Waals surface area contributed by atoms with Crippen LogP contribution >= 0.6 is 0 Å². The van der Waals surface area contributed by atoms with Gasteiger partial charge < -0.3 is 9.47 Å². The molecule has 0 aromatic heterocycles. The standard InChI is InChI=1S/C18H14F8O2/c1-27-13-6-2-11(3-7-13)12-4-8-14(9-5-12)28-10-16(21,22)18(25,26)17(23,24)15(19)20/h2-9,15H,10H2,1H3. The summed E-state index contributed by atoms with van der Waals surface area (Å²) in [6.45, 7) is -2.20. The fourth-order valence-electron chi connectivity index (χ4n) is 2.17. The summed E-state index contributed by atoms with van der Waals surface area (Å²) < 4.78 is 112. The van der Waals surface area contributed by atoms with Crippen molar-refractivity contribution in [3.63, 3.8) is 0 Å². The largest absolute Gasteiger partial charge is 0.497 e. The van der Waals surface area contributed by atoms with Gasteiger partial charge in [-0.25, -0.2) is 8.78 Å². The lowest BCUT2D eigenvalue weighted by Gasteiger charge is -2.32. The molecule has 2 aromatic carbocycles. The third-order valence-corrected chi connectivity index (χ3v) is 3.85. The van der Waals surface area contributed by atoms with Crippen molar-refractivity contribution in [3.8, 4) is 22.6 Å². The molecule has 0 bridgehead atoms.